The van der Waals surface area contributed by atoms with Gasteiger partial charge in [-0.2, -0.15) is 0 Å². The van der Waals surface area contributed by atoms with Gasteiger partial charge in [0, 0.05) is 48.5 Å². The summed E-state index contributed by atoms with van der Waals surface area (Å²) in [5.41, 5.74) is 5.69. The summed E-state index contributed by atoms with van der Waals surface area (Å²) in [6.07, 6.45) is 9.23. The number of nitrogens with zero attached hydrogens (tertiary/aromatic N) is 3. The number of hydrogen-bond donors (Lipinski definition) is 4. The molecule has 9 heteroatoms. The first-order valence-corrected chi connectivity index (χ1v) is 15.8. The van der Waals surface area contributed by atoms with Crippen molar-refractivity contribution >= 4 is 27.7 Å². The molecule has 3 aromatic carbocycles. The maximum absolute atomic E-state index is 13.7. The van der Waals surface area contributed by atoms with Gasteiger partial charge in [0.15, 0.2) is 5.82 Å². The monoisotopic (exact) mass is 604 g/mol. The summed E-state index contributed by atoms with van der Waals surface area (Å²) in [6.45, 7) is 1.44. The number of benzene rings is 3. The third-order valence-electron chi connectivity index (χ3n) is 9.00. The molecule has 3 aromatic heterocycles. The van der Waals surface area contributed by atoms with E-state index < -0.39 is 0 Å². The molecule has 0 saturated carbocycles. The number of fused-ring (bicyclic) bond motifs is 2. The van der Waals surface area contributed by atoms with Gasteiger partial charge < -0.3 is 29.9 Å². The van der Waals surface area contributed by atoms with E-state index in [0.717, 1.165) is 77.2 Å². The quantitative estimate of drug-likeness (QED) is 0.148. The van der Waals surface area contributed by atoms with Crippen LogP contribution < -0.4 is 15.4 Å². The van der Waals surface area contributed by atoms with Crippen LogP contribution in [0.4, 0.5) is 0 Å². The Balaban J connectivity index is 0.00000372. The number of piperidine rings is 1. The Morgan fingerprint density at radius 3 is 2.36 bits per heavy atom. The molecule has 0 spiro atoms. The van der Waals surface area contributed by atoms with E-state index in [2.05, 4.69) is 73.8 Å². The molecule has 9 nitrogen and oxygen atoms in total. The first-order valence-electron chi connectivity index (χ1n) is 15.8. The number of rotatable bonds is 11. The lowest BCUT2D eigenvalue weighted by Gasteiger charge is -2.26. The Bertz CT molecular complexity index is 1900. The average Bonchev–Trinajstić information content (AvgIpc) is 3.81. The third-order valence-corrected chi connectivity index (χ3v) is 9.00. The number of hydrogen-bond acceptors (Lipinski definition) is 5. The number of aryl methyl sites for hydroxylation is 2. The van der Waals surface area contributed by atoms with Crippen LogP contribution in [0.1, 0.15) is 55.1 Å². The molecule has 1 saturated heterocycles. The molecular formula is C36H41N7O2. The van der Waals surface area contributed by atoms with Gasteiger partial charge in [-0.15, -0.1) is 10.2 Å². The maximum atomic E-state index is 13.7. The highest BCUT2D eigenvalue weighted by molar-refractivity contribution is 5.84. The molecule has 1 aliphatic heterocycles. The van der Waals surface area contributed by atoms with Crippen molar-refractivity contribution in [2.45, 2.75) is 57.2 Å². The molecule has 232 valence electrons. The van der Waals surface area contributed by atoms with Crippen LogP contribution in [-0.4, -0.2) is 50.3 Å². The molecule has 4 heterocycles. The minimum Gasteiger partial charge on any atom is -0.497 e. The number of para-hydroxylation sites is 2. The van der Waals surface area contributed by atoms with Crippen LogP contribution in [0.25, 0.3) is 21.8 Å². The second-order valence-corrected chi connectivity index (χ2v) is 11.9. The summed E-state index contributed by atoms with van der Waals surface area (Å²) >= 11 is 0. The lowest BCUT2D eigenvalue weighted by molar-refractivity contribution is -0.124. The molecular weight excluding hydrogens is 562 g/mol. The predicted octanol–water partition coefficient (Wildman–Crippen LogP) is 5.87. The molecule has 1 fully saturated rings. The number of nitrogens with one attached hydrogen (secondary N) is 4. The number of carbonyl (C=O) groups is 1. The standard InChI is InChI=1S/C36H39N7O2.H2/c1-45-27-16-13-24(14-17-27)23-43-34(18-15-25-21-38-30-10-4-2-8-28(25)30)41-42-35(43)33(40-36(44)32-12-6-7-19-37-32)20-26-22-39-31-11-5-3-9-29(26)31;/h2-5,8-11,13-14,16-17,21-22,32-33,37-39H,6-7,12,15,18-20,23H2,1H3,(H,40,44);1H/t32-,33-;/m1./s1/i;1+1. The molecule has 0 radical (unpaired) electrons. The molecule has 2 atom stereocenters. The molecule has 1 aliphatic rings. The zero-order valence-corrected chi connectivity index (χ0v) is 25.6. The fraction of sp³-hybridized carbons (Fsp3) is 0.306. The van der Waals surface area contributed by atoms with E-state index in [1.54, 1.807) is 7.11 Å². The average molecular weight is 605 g/mol. The van der Waals surface area contributed by atoms with Crippen molar-refractivity contribution in [3.63, 3.8) is 0 Å². The molecule has 0 aliphatic carbocycles. The summed E-state index contributed by atoms with van der Waals surface area (Å²) in [5, 5.41) is 18.7. The number of aromatic nitrogens is 5. The van der Waals surface area contributed by atoms with Gasteiger partial charge in [-0.05, 0) is 66.8 Å². The van der Waals surface area contributed by atoms with Gasteiger partial charge in [0.25, 0.3) is 0 Å². The maximum Gasteiger partial charge on any atom is 0.237 e. The van der Waals surface area contributed by atoms with Crippen molar-refractivity contribution in [3.8, 4) is 5.75 Å². The molecule has 1 amide bonds. The highest BCUT2D eigenvalue weighted by atomic mass is 16.5. The highest BCUT2D eigenvalue weighted by Gasteiger charge is 2.28. The molecule has 0 bridgehead atoms. The lowest BCUT2D eigenvalue weighted by atomic mass is 10.0. The van der Waals surface area contributed by atoms with Gasteiger partial charge in [0.1, 0.15) is 11.6 Å². The minimum absolute atomic E-state index is 0. The number of H-pyrrole nitrogens is 2. The number of amides is 1. The zero-order valence-electron chi connectivity index (χ0n) is 25.6. The van der Waals surface area contributed by atoms with E-state index in [4.69, 9.17) is 14.9 Å². The predicted molar refractivity (Wildman–Crippen MR) is 178 cm³/mol. The van der Waals surface area contributed by atoms with Crippen LogP contribution in [-0.2, 0) is 30.6 Å². The van der Waals surface area contributed by atoms with Gasteiger partial charge in [0.2, 0.25) is 5.91 Å². The summed E-state index contributed by atoms with van der Waals surface area (Å²) < 4.78 is 7.61. The summed E-state index contributed by atoms with van der Waals surface area (Å²) in [6, 6.07) is 24.2. The number of carbonyl (C=O) groups excluding carboxylic acids is 1. The fourth-order valence-corrected chi connectivity index (χ4v) is 6.54. The van der Waals surface area contributed by atoms with Gasteiger partial charge in [-0.1, -0.05) is 55.0 Å². The third kappa shape index (κ3) is 6.21. The van der Waals surface area contributed by atoms with Crippen molar-refractivity contribution in [1.82, 2.24) is 35.4 Å². The first-order chi connectivity index (χ1) is 22.2. The lowest BCUT2D eigenvalue weighted by Crippen LogP contribution is -2.48. The van der Waals surface area contributed by atoms with Crippen LogP contribution in [0.3, 0.4) is 0 Å². The Morgan fingerprint density at radius 1 is 0.933 bits per heavy atom. The van der Waals surface area contributed by atoms with Gasteiger partial charge in [-0.25, -0.2) is 0 Å². The summed E-state index contributed by atoms with van der Waals surface area (Å²) in [5.74, 6) is 2.47. The van der Waals surface area contributed by atoms with E-state index in [0.29, 0.717) is 19.4 Å². The SMILES string of the molecule is COc1ccc(Cn2c(CCc3c[nH]c4ccccc34)nnc2[C@@H](Cc2c[nH]c3ccccc23)NC(=O)[C@H]2CCCCN2)cc1.[2HH]. The van der Waals surface area contributed by atoms with E-state index >= 15 is 0 Å². The normalized spacial score (nSPS) is 15.8. The topological polar surface area (TPSA) is 113 Å². The van der Waals surface area contributed by atoms with Crippen LogP contribution in [0, 0.1) is 0 Å². The number of methoxy groups -OCH3 is 1. The second-order valence-electron chi connectivity index (χ2n) is 11.9. The van der Waals surface area contributed by atoms with Crippen molar-refractivity contribution in [2.75, 3.05) is 13.7 Å². The Hall–Kier alpha value is -4.89. The largest absolute Gasteiger partial charge is 0.497 e. The molecule has 0 unspecified atom stereocenters. The zero-order chi connectivity index (χ0) is 30.6. The van der Waals surface area contributed by atoms with Gasteiger partial charge >= 0.3 is 0 Å². The van der Waals surface area contributed by atoms with E-state index in [1.165, 1.54) is 10.9 Å². The van der Waals surface area contributed by atoms with Crippen molar-refractivity contribution in [1.29, 1.82) is 0 Å². The van der Waals surface area contributed by atoms with Crippen molar-refractivity contribution in [3.05, 3.63) is 114 Å². The first kappa shape index (κ1) is 28.9. The van der Waals surface area contributed by atoms with Crippen LogP contribution in [0.5, 0.6) is 5.75 Å². The Labute approximate surface area is 263 Å². The molecule has 4 N–H and O–H groups in total. The van der Waals surface area contributed by atoms with E-state index in [-0.39, 0.29) is 19.4 Å². The highest BCUT2D eigenvalue weighted by Crippen LogP contribution is 2.27. The number of aromatic amines is 2. The fourth-order valence-electron chi connectivity index (χ4n) is 6.54. The smallest absolute Gasteiger partial charge is 0.237 e. The Kier molecular flexibility index (Phi) is 8.33. The van der Waals surface area contributed by atoms with Crippen LogP contribution in [0.15, 0.2) is 85.2 Å². The van der Waals surface area contributed by atoms with E-state index in [1.807, 2.05) is 36.5 Å². The minimum atomic E-state index is -0.368. The van der Waals surface area contributed by atoms with Crippen LogP contribution >= 0.6 is 0 Å². The molecule has 45 heavy (non-hydrogen) atoms. The van der Waals surface area contributed by atoms with Crippen molar-refractivity contribution in [2.24, 2.45) is 0 Å². The Morgan fingerprint density at radius 2 is 1.64 bits per heavy atom. The molecule has 6 aromatic rings. The van der Waals surface area contributed by atoms with Gasteiger partial charge in [0.05, 0.1) is 25.7 Å². The van der Waals surface area contributed by atoms with Crippen LogP contribution in [0.2, 0.25) is 0 Å². The number of ether oxygens (including phenoxy) is 1. The second kappa shape index (κ2) is 13.0. The summed E-state index contributed by atoms with van der Waals surface area (Å²) in [7, 11) is 1.68. The van der Waals surface area contributed by atoms with E-state index in [9.17, 15) is 4.79 Å². The molecule has 7 rings (SSSR count). The van der Waals surface area contributed by atoms with Crippen molar-refractivity contribution < 1.29 is 11.0 Å². The summed E-state index contributed by atoms with van der Waals surface area (Å²) in [4.78, 5) is 20.5. The van der Waals surface area contributed by atoms with Gasteiger partial charge in [-0.3, -0.25) is 4.79 Å².